The molecule has 7 heteroatoms. The number of aryl methyl sites for hydroxylation is 1. The fourth-order valence-corrected chi connectivity index (χ4v) is 2.64. The van der Waals surface area contributed by atoms with Gasteiger partial charge in [0.1, 0.15) is 5.52 Å². The molecule has 146 valence electrons. The lowest BCUT2D eigenvalue weighted by atomic mass is 10.2. The summed E-state index contributed by atoms with van der Waals surface area (Å²) in [5.74, 6) is -0.831. The first-order valence-corrected chi connectivity index (χ1v) is 9.01. The molecule has 7 nitrogen and oxygen atoms in total. The predicted octanol–water partition coefficient (Wildman–Crippen LogP) is 3.64. The van der Waals surface area contributed by atoms with Crippen LogP contribution in [0, 0.1) is 18.3 Å². The second kappa shape index (κ2) is 9.33. The van der Waals surface area contributed by atoms with Crippen LogP contribution >= 0.6 is 0 Å². The summed E-state index contributed by atoms with van der Waals surface area (Å²) < 4.78 is 10.5. The molecule has 0 saturated heterocycles. The van der Waals surface area contributed by atoms with Crippen LogP contribution in [0.4, 0.5) is 5.69 Å². The topological polar surface area (TPSA) is 96.4 Å². The van der Waals surface area contributed by atoms with E-state index in [0.29, 0.717) is 16.8 Å². The van der Waals surface area contributed by atoms with Crippen molar-refractivity contribution in [3.8, 4) is 6.07 Å². The van der Waals surface area contributed by atoms with Gasteiger partial charge in [0.15, 0.2) is 12.2 Å². The van der Waals surface area contributed by atoms with Crippen molar-refractivity contribution in [2.75, 3.05) is 18.1 Å². The van der Waals surface area contributed by atoms with E-state index in [1.165, 1.54) is 11.0 Å². The summed E-state index contributed by atoms with van der Waals surface area (Å²) >= 11 is 0. The Morgan fingerprint density at radius 2 is 1.97 bits per heavy atom. The molecule has 0 fully saturated rings. The minimum absolute atomic E-state index is 0.172. The maximum Gasteiger partial charge on any atom is 0.331 e. The van der Waals surface area contributed by atoms with E-state index in [2.05, 4.69) is 4.98 Å². The number of carbonyl (C=O) groups excluding carboxylic acids is 2. The van der Waals surface area contributed by atoms with E-state index in [1.54, 1.807) is 24.3 Å². The zero-order chi connectivity index (χ0) is 20.6. The van der Waals surface area contributed by atoms with Gasteiger partial charge in [0.2, 0.25) is 5.89 Å². The number of ether oxygens (including phenoxy) is 1. The molecule has 0 atom stereocenters. The molecule has 0 radical (unpaired) electrons. The van der Waals surface area contributed by atoms with Crippen molar-refractivity contribution >= 4 is 34.7 Å². The molecule has 1 heterocycles. The fraction of sp³-hybridized carbons (Fsp3) is 0.182. The highest BCUT2D eigenvalue weighted by Crippen LogP contribution is 2.17. The molecule has 0 N–H and O–H groups in total. The molecule has 0 bridgehead atoms. The number of oxazole rings is 1. The molecule has 0 aliphatic carbocycles. The van der Waals surface area contributed by atoms with Crippen molar-refractivity contribution in [1.82, 2.24) is 4.98 Å². The van der Waals surface area contributed by atoms with Gasteiger partial charge in [-0.15, -0.1) is 0 Å². The fourth-order valence-electron chi connectivity index (χ4n) is 2.64. The lowest BCUT2D eigenvalue weighted by Crippen LogP contribution is -2.35. The summed E-state index contributed by atoms with van der Waals surface area (Å²) in [7, 11) is 0. The number of amides is 1. The smallest absolute Gasteiger partial charge is 0.331 e. The van der Waals surface area contributed by atoms with Gasteiger partial charge in [-0.3, -0.25) is 4.79 Å². The quantitative estimate of drug-likeness (QED) is 0.452. The first kappa shape index (κ1) is 19.8. The van der Waals surface area contributed by atoms with Gasteiger partial charge in [-0.1, -0.05) is 29.8 Å². The minimum atomic E-state index is -0.690. The molecule has 29 heavy (non-hydrogen) atoms. The van der Waals surface area contributed by atoms with Crippen LogP contribution < -0.4 is 4.90 Å². The lowest BCUT2D eigenvalue weighted by Gasteiger charge is -2.21. The van der Waals surface area contributed by atoms with Crippen LogP contribution in [-0.4, -0.2) is 30.0 Å². The van der Waals surface area contributed by atoms with Gasteiger partial charge < -0.3 is 14.1 Å². The Labute approximate surface area is 167 Å². The number of benzene rings is 2. The van der Waals surface area contributed by atoms with Gasteiger partial charge in [0.05, 0.1) is 12.5 Å². The third kappa shape index (κ3) is 5.30. The van der Waals surface area contributed by atoms with E-state index in [4.69, 9.17) is 14.4 Å². The average Bonchev–Trinajstić information content (AvgIpc) is 3.15. The van der Waals surface area contributed by atoms with Gasteiger partial charge in [0.25, 0.3) is 5.91 Å². The normalized spacial score (nSPS) is 10.8. The highest BCUT2D eigenvalue weighted by atomic mass is 16.5. The average molecular weight is 389 g/mol. The number of rotatable bonds is 7. The molecule has 3 rings (SSSR count). The largest absolute Gasteiger partial charge is 0.452 e. The van der Waals surface area contributed by atoms with Gasteiger partial charge in [-0.05, 0) is 31.2 Å². The first-order chi connectivity index (χ1) is 14.1. The summed E-state index contributed by atoms with van der Waals surface area (Å²) in [5, 5.41) is 8.84. The summed E-state index contributed by atoms with van der Waals surface area (Å²) in [6, 6.07) is 16.6. The number of esters is 1. The highest BCUT2D eigenvalue weighted by molar-refractivity contribution is 5.96. The summed E-state index contributed by atoms with van der Waals surface area (Å²) in [6.07, 6.45) is 2.72. The minimum Gasteiger partial charge on any atom is -0.452 e. The van der Waals surface area contributed by atoms with E-state index in [9.17, 15) is 9.59 Å². The van der Waals surface area contributed by atoms with Gasteiger partial charge in [-0.25, -0.2) is 9.78 Å². The zero-order valence-corrected chi connectivity index (χ0v) is 15.9. The second-order valence-electron chi connectivity index (χ2n) is 6.25. The van der Waals surface area contributed by atoms with Crippen molar-refractivity contribution < 1.29 is 18.7 Å². The Kier molecular flexibility index (Phi) is 6.38. The number of hydrogen-bond donors (Lipinski definition) is 0. The third-order valence-electron chi connectivity index (χ3n) is 4.10. The number of anilines is 1. The van der Waals surface area contributed by atoms with Crippen LogP contribution in [0.25, 0.3) is 17.2 Å². The maximum absolute atomic E-state index is 12.5. The number of fused-ring (bicyclic) bond motifs is 1. The molecule has 0 aliphatic heterocycles. The molecule has 0 aliphatic rings. The Hall–Kier alpha value is -3.92. The lowest BCUT2D eigenvalue weighted by molar-refractivity contribution is -0.142. The molecule has 1 amide bonds. The van der Waals surface area contributed by atoms with Gasteiger partial charge >= 0.3 is 5.97 Å². The van der Waals surface area contributed by atoms with Crippen molar-refractivity contribution in [1.29, 1.82) is 5.26 Å². The Balaban J connectivity index is 1.60. The Bertz CT molecular complexity index is 1040. The third-order valence-corrected chi connectivity index (χ3v) is 4.10. The summed E-state index contributed by atoms with van der Waals surface area (Å²) in [4.78, 5) is 30.1. The van der Waals surface area contributed by atoms with Crippen LogP contribution in [0.3, 0.4) is 0 Å². The SMILES string of the molecule is Cc1ccc(N(CCC#N)C(=O)COC(=O)/C=C/c2nc3ccccc3o2)cc1. The Morgan fingerprint density at radius 3 is 2.69 bits per heavy atom. The predicted molar refractivity (Wildman–Crippen MR) is 108 cm³/mol. The van der Waals surface area contributed by atoms with Crippen LogP contribution in [0.1, 0.15) is 17.9 Å². The maximum atomic E-state index is 12.5. The molecule has 3 aromatic rings. The van der Waals surface area contributed by atoms with E-state index in [0.717, 1.165) is 11.6 Å². The molecular weight excluding hydrogens is 370 g/mol. The Morgan fingerprint density at radius 1 is 1.21 bits per heavy atom. The van der Waals surface area contributed by atoms with Crippen LogP contribution in [0.15, 0.2) is 59.0 Å². The highest BCUT2D eigenvalue weighted by Gasteiger charge is 2.17. The van der Waals surface area contributed by atoms with Crippen molar-refractivity contribution in [2.45, 2.75) is 13.3 Å². The number of aromatic nitrogens is 1. The van der Waals surface area contributed by atoms with Gasteiger partial charge in [-0.2, -0.15) is 5.26 Å². The molecule has 1 aromatic heterocycles. The van der Waals surface area contributed by atoms with Crippen molar-refractivity contribution in [2.24, 2.45) is 0 Å². The molecule has 2 aromatic carbocycles. The second-order valence-corrected chi connectivity index (χ2v) is 6.25. The molecule has 0 saturated carbocycles. The van der Waals surface area contributed by atoms with E-state index in [1.807, 2.05) is 37.3 Å². The van der Waals surface area contributed by atoms with Crippen molar-refractivity contribution in [3.63, 3.8) is 0 Å². The van der Waals surface area contributed by atoms with E-state index < -0.39 is 18.5 Å². The number of nitriles is 1. The number of hydrogen-bond acceptors (Lipinski definition) is 6. The summed E-state index contributed by atoms with van der Waals surface area (Å²) in [5.41, 5.74) is 3.00. The van der Waals surface area contributed by atoms with E-state index >= 15 is 0 Å². The monoisotopic (exact) mass is 389 g/mol. The molecule has 0 unspecified atom stereocenters. The van der Waals surface area contributed by atoms with Gasteiger partial charge in [0, 0.05) is 24.4 Å². The van der Waals surface area contributed by atoms with Crippen LogP contribution in [0.5, 0.6) is 0 Å². The van der Waals surface area contributed by atoms with Crippen LogP contribution in [0.2, 0.25) is 0 Å². The van der Waals surface area contributed by atoms with E-state index in [-0.39, 0.29) is 18.9 Å². The number of nitrogens with zero attached hydrogens (tertiary/aromatic N) is 3. The molecule has 0 spiro atoms. The summed E-state index contributed by atoms with van der Waals surface area (Å²) in [6.45, 7) is 1.72. The van der Waals surface area contributed by atoms with Crippen LogP contribution in [-0.2, 0) is 14.3 Å². The number of carbonyl (C=O) groups is 2. The number of para-hydroxylation sites is 2. The first-order valence-electron chi connectivity index (χ1n) is 9.01. The standard InChI is InChI=1S/C22H19N3O4/c1-16-7-9-17(10-8-16)25(14-4-13-23)21(26)15-28-22(27)12-11-20-24-18-5-2-3-6-19(18)29-20/h2-3,5-12H,4,14-15H2,1H3/b12-11+. The van der Waals surface area contributed by atoms with Crippen molar-refractivity contribution in [3.05, 3.63) is 66.1 Å². The molecular formula is C22H19N3O4. The zero-order valence-electron chi connectivity index (χ0n) is 15.9.